The Balaban J connectivity index is 1.50. The molecule has 4 aromatic rings. The molecule has 0 spiro atoms. The van der Waals surface area contributed by atoms with E-state index in [1.165, 1.54) is 6.92 Å². The van der Waals surface area contributed by atoms with Gasteiger partial charge in [-0.2, -0.15) is 5.10 Å². The lowest BCUT2D eigenvalue weighted by atomic mass is 10.0. The standard InChI is InChI=1S/C25H26N6O3/c1-15(32)29-22-6-4-3-5-19(22)23-11-20-21(13-27-25(26)24(20)34-23)17-12-28-31(14-17)18-7-9-30(10-8-18)16(2)33/h3-6,11-14,18H,7-10H2,1-2H3,(H2,26,27)(H,29,32). The number of aromatic nitrogens is 3. The Morgan fingerprint density at radius 3 is 2.62 bits per heavy atom. The fraction of sp³-hybridized carbons (Fsp3) is 0.280. The van der Waals surface area contributed by atoms with Crippen LogP contribution in [-0.2, 0) is 9.59 Å². The smallest absolute Gasteiger partial charge is 0.221 e. The summed E-state index contributed by atoms with van der Waals surface area (Å²) in [5, 5.41) is 8.27. The number of carbonyl (C=O) groups is 2. The molecule has 1 aliphatic rings. The number of hydrogen-bond acceptors (Lipinski definition) is 6. The number of anilines is 2. The second-order valence-corrected chi connectivity index (χ2v) is 8.58. The maximum atomic E-state index is 11.6. The Morgan fingerprint density at radius 1 is 1.12 bits per heavy atom. The van der Waals surface area contributed by atoms with Gasteiger partial charge in [-0.25, -0.2) is 4.98 Å². The van der Waals surface area contributed by atoms with Crippen molar-refractivity contribution in [1.82, 2.24) is 19.7 Å². The molecule has 174 valence electrons. The van der Waals surface area contributed by atoms with Crippen molar-refractivity contribution in [2.75, 3.05) is 24.1 Å². The van der Waals surface area contributed by atoms with Crippen LogP contribution in [0.1, 0.15) is 32.7 Å². The number of furan rings is 1. The third-order valence-corrected chi connectivity index (χ3v) is 6.29. The zero-order valence-corrected chi connectivity index (χ0v) is 19.1. The summed E-state index contributed by atoms with van der Waals surface area (Å²) in [7, 11) is 0. The average molecular weight is 459 g/mol. The topological polar surface area (TPSA) is 119 Å². The fourth-order valence-electron chi connectivity index (χ4n) is 4.53. The Kier molecular flexibility index (Phi) is 5.53. The van der Waals surface area contributed by atoms with Gasteiger partial charge in [-0.05, 0) is 31.0 Å². The van der Waals surface area contributed by atoms with Crippen molar-refractivity contribution < 1.29 is 14.0 Å². The summed E-state index contributed by atoms with van der Waals surface area (Å²) in [6.45, 7) is 4.56. The Morgan fingerprint density at radius 2 is 1.88 bits per heavy atom. The normalized spacial score (nSPS) is 14.5. The van der Waals surface area contributed by atoms with E-state index in [-0.39, 0.29) is 17.9 Å². The maximum Gasteiger partial charge on any atom is 0.221 e. The molecule has 1 saturated heterocycles. The highest BCUT2D eigenvalue weighted by molar-refractivity contribution is 6.01. The number of benzene rings is 1. The minimum Gasteiger partial charge on any atom is -0.452 e. The predicted octanol–water partition coefficient (Wildman–Crippen LogP) is 4.08. The molecule has 0 radical (unpaired) electrons. The van der Waals surface area contributed by atoms with Crippen LogP contribution in [0.5, 0.6) is 0 Å². The molecule has 0 atom stereocenters. The summed E-state index contributed by atoms with van der Waals surface area (Å²) in [6, 6.07) is 9.62. The van der Waals surface area contributed by atoms with Crippen molar-refractivity contribution in [3.8, 4) is 22.5 Å². The molecule has 5 rings (SSSR count). The van der Waals surface area contributed by atoms with E-state index in [0.29, 0.717) is 22.8 Å². The van der Waals surface area contributed by atoms with Crippen LogP contribution in [0.3, 0.4) is 0 Å². The molecule has 0 saturated carbocycles. The lowest BCUT2D eigenvalue weighted by Gasteiger charge is -2.31. The molecule has 34 heavy (non-hydrogen) atoms. The van der Waals surface area contributed by atoms with Gasteiger partial charge < -0.3 is 20.4 Å². The number of nitrogen functional groups attached to an aromatic ring is 1. The fourth-order valence-corrected chi connectivity index (χ4v) is 4.53. The number of likely N-dealkylation sites (tertiary alicyclic amines) is 1. The van der Waals surface area contributed by atoms with E-state index in [9.17, 15) is 9.59 Å². The van der Waals surface area contributed by atoms with Crippen LogP contribution in [0.25, 0.3) is 33.4 Å². The van der Waals surface area contributed by atoms with Crippen LogP contribution < -0.4 is 11.1 Å². The second-order valence-electron chi connectivity index (χ2n) is 8.58. The summed E-state index contributed by atoms with van der Waals surface area (Å²) in [4.78, 5) is 29.5. The molecular weight excluding hydrogens is 432 g/mol. The van der Waals surface area contributed by atoms with Gasteiger partial charge in [0.25, 0.3) is 0 Å². The highest BCUT2D eigenvalue weighted by Crippen LogP contribution is 2.39. The van der Waals surface area contributed by atoms with Gasteiger partial charge in [0, 0.05) is 61.4 Å². The number of nitrogens with one attached hydrogen (secondary N) is 1. The van der Waals surface area contributed by atoms with E-state index in [1.54, 1.807) is 13.1 Å². The van der Waals surface area contributed by atoms with Gasteiger partial charge >= 0.3 is 0 Å². The number of amides is 2. The first-order chi connectivity index (χ1) is 16.4. The summed E-state index contributed by atoms with van der Waals surface area (Å²) in [5.41, 5.74) is 9.83. The summed E-state index contributed by atoms with van der Waals surface area (Å²) in [5.74, 6) is 0.841. The number of nitrogens with zero attached hydrogens (tertiary/aromatic N) is 4. The van der Waals surface area contributed by atoms with Crippen molar-refractivity contribution in [3.63, 3.8) is 0 Å². The first-order valence-electron chi connectivity index (χ1n) is 11.3. The Bertz CT molecular complexity index is 1380. The van der Waals surface area contributed by atoms with Crippen molar-refractivity contribution in [1.29, 1.82) is 0 Å². The third kappa shape index (κ3) is 4.00. The molecule has 0 aliphatic carbocycles. The number of carbonyl (C=O) groups excluding carboxylic acids is 2. The lowest BCUT2D eigenvalue weighted by molar-refractivity contribution is -0.130. The molecule has 1 aliphatic heterocycles. The highest BCUT2D eigenvalue weighted by atomic mass is 16.3. The van der Waals surface area contributed by atoms with Crippen LogP contribution in [0, 0.1) is 0 Å². The van der Waals surface area contributed by atoms with E-state index in [0.717, 1.165) is 48.0 Å². The van der Waals surface area contributed by atoms with E-state index in [2.05, 4.69) is 15.4 Å². The zero-order chi connectivity index (χ0) is 23.8. The largest absolute Gasteiger partial charge is 0.452 e. The Labute approximate surface area is 196 Å². The number of pyridine rings is 1. The second kappa shape index (κ2) is 8.66. The third-order valence-electron chi connectivity index (χ3n) is 6.29. The van der Waals surface area contributed by atoms with Crippen molar-refractivity contribution in [3.05, 3.63) is 48.9 Å². The number of para-hydroxylation sites is 1. The van der Waals surface area contributed by atoms with Crippen molar-refractivity contribution in [2.24, 2.45) is 0 Å². The molecular formula is C25H26N6O3. The van der Waals surface area contributed by atoms with E-state index >= 15 is 0 Å². The maximum absolute atomic E-state index is 11.6. The van der Waals surface area contributed by atoms with Crippen LogP contribution in [0.15, 0.2) is 53.3 Å². The first kappa shape index (κ1) is 21.7. The van der Waals surface area contributed by atoms with E-state index in [1.807, 2.05) is 52.3 Å². The van der Waals surface area contributed by atoms with Crippen LogP contribution in [0.4, 0.5) is 11.5 Å². The molecule has 3 aromatic heterocycles. The first-order valence-corrected chi connectivity index (χ1v) is 11.3. The molecule has 3 N–H and O–H groups in total. The van der Waals surface area contributed by atoms with Gasteiger partial charge in [-0.15, -0.1) is 0 Å². The Hall–Kier alpha value is -4.14. The van der Waals surface area contributed by atoms with Crippen molar-refractivity contribution in [2.45, 2.75) is 32.7 Å². The SMILES string of the molecule is CC(=O)Nc1ccccc1-c1cc2c(-c3cnn(C4CCN(C(C)=O)CC4)c3)cnc(N)c2o1. The molecule has 0 unspecified atom stereocenters. The molecule has 1 aromatic carbocycles. The average Bonchev–Trinajstić information content (AvgIpc) is 3.48. The van der Waals surface area contributed by atoms with Gasteiger partial charge in [-0.1, -0.05) is 12.1 Å². The van der Waals surface area contributed by atoms with Gasteiger partial charge in [0.1, 0.15) is 5.76 Å². The molecule has 9 nitrogen and oxygen atoms in total. The number of fused-ring (bicyclic) bond motifs is 1. The predicted molar refractivity (Wildman–Crippen MR) is 130 cm³/mol. The monoisotopic (exact) mass is 458 g/mol. The van der Waals surface area contributed by atoms with Crippen LogP contribution in [0.2, 0.25) is 0 Å². The van der Waals surface area contributed by atoms with Crippen LogP contribution in [-0.4, -0.2) is 44.6 Å². The number of piperidine rings is 1. The minimum atomic E-state index is -0.160. The molecule has 2 amide bonds. The quantitative estimate of drug-likeness (QED) is 0.476. The minimum absolute atomic E-state index is 0.116. The van der Waals surface area contributed by atoms with Gasteiger partial charge in [0.2, 0.25) is 11.8 Å². The molecule has 9 heteroatoms. The molecule has 4 heterocycles. The summed E-state index contributed by atoms with van der Waals surface area (Å²) >= 11 is 0. The van der Waals surface area contributed by atoms with Crippen molar-refractivity contribution >= 4 is 34.3 Å². The molecule has 0 bridgehead atoms. The number of nitrogens with two attached hydrogens (primary N) is 1. The van der Waals surface area contributed by atoms with E-state index < -0.39 is 0 Å². The van der Waals surface area contributed by atoms with E-state index in [4.69, 9.17) is 10.2 Å². The zero-order valence-electron chi connectivity index (χ0n) is 19.1. The molecule has 1 fully saturated rings. The van der Waals surface area contributed by atoms with Gasteiger partial charge in [0.05, 0.1) is 17.9 Å². The van der Waals surface area contributed by atoms with Gasteiger partial charge in [-0.3, -0.25) is 14.3 Å². The van der Waals surface area contributed by atoms with Crippen LogP contribution >= 0.6 is 0 Å². The number of hydrogen-bond donors (Lipinski definition) is 2. The highest BCUT2D eigenvalue weighted by Gasteiger charge is 2.23. The number of rotatable bonds is 4. The summed E-state index contributed by atoms with van der Waals surface area (Å²) in [6.07, 6.45) is 7.30. The van der Waals surface area contributed by atoms with Gasteiger partial charge in [0.15, 0.2) is 11.4 Å². The lowest BCUT2D eigenvalue weighted by Crippen LogP contribution is -2.37. The summed E-state index contributed by atoms with van der Waals surface area (Å²) < 4.78 is 8.10.